The van der Waals surface area contributed by atoms with Gasteiger partial charge in [-0.15, -0.1) is 0 Å². The highest BCUT2D eigenvalue weighted by Crippen LogP contribution is 2.27. The molecule has 1 aromatic heterocycles. The highest BCUT2D eigenvalue weighted by atomic mass is 16.3. The fourth-order valence-corrected chi connectivity index (χ4v) is 1.80. The second-order valence-electron chi connectivity index (χ2n) is 4.76. The predicted octanol–water partition coefficient (Wildman–Crippen LogP) is 1.75. The Bertz CT molecular complexity index is 1090. The molecule has 0 saturated heterocycles. The largest absolute Gasteiger partial charge is 0.393 e. The Morgan fingerprint density at radius 3 is 3.04 bits per heavy atom. The Balaban J connectivity index is 2.71. The summed E-state index contributed by atoms with van der Waals surface area (Å²) in [5, 5.41) is 14.7. The quantitative estimate of drug-likeness (QED) is 0.665. The topological polar surface area (TPSA) is 113 Å². The molecule has 0 aliphatic heterocycles. The molecule has 1 heterocycles. The standard InChI is InChI=1S/C16H27N5O2/c1-9-5-6-10(7-12(9)22)19-14-11(13(17)23)8-18-15(20-14)21-16(2,3)4/h8-10,12,22H,5-7H2,1-4H3,(H2,17,23)(H2,18,19,20,21)/i1D3,2D3,3D3,4D3,5D2,7D2,12D. The van der Waals surface area contributed by atoms with Gasteiger partial charge < -0.3 is 21.5 Å². The number of hydrogen-bond acceptors (Lipinski definition) is 6. The van der Waals surface area contributed by atoms with Gasteiger partial charge in [0.1, 0.15) is 5.82 Å². The van der Waals surface area contributed by atoms with E-state index in [4.69, 9.17) is 29.0 Å². The lowest BCUT2D eigenvalue weighted by atomic mass is 9.85. The van der Waals surface area contributed by atoms with Crippen LogP contribution in [0, 0.1) is 5.92 Å². The van der Waals surface area contributed by atoms with E-state index >= 15 is 0 Å². The monoisotopic (exact) mass is 338 g/mol. The number of hydrogen-bond donors (Lipinski definition) is 4. The van der Waals surface area contributed by atoms with Crippen LogP contribution < -0.4 is 16.4 Å². The number of nitrogens with zero attached hydrogens (tertiary/aromatic N) is 2. The van der Waals surface area contributed by atoms with Crippen molar-refractivity contribution >= 4 is 17.7 Å². The molecule has 128 valence electrons. The van der Waals surface area contributed by atoms with Crippen molar-refractivity contribution < 1.29 is 33.2 Å². The van der Waals surface area contributed by atoms with Crippen molar-refractivity contribution in [1.29, 1.82) is 0 Å². The molecule has 5 N–H and O–H groups in total. The number of carbonyl (C=O) groups is 1. The highest BCUT2D eigenvalue weighted by molar-refractivity contribution is 5.97. The Kier molecular flexibility index (Phi) is 1.63. The van der Waals surface area contributed by atoms with Crippen LogP contribution in [0.15, 0.2) is 6.20 Å². The van der Waals surface area contributed by atoms with E-state index in [2.05, 4.69) is 15.3 Å². The van der Waals surface area contributed by atoms with Crippen LogP contribution in [0.2, 0.25) is 0 Å². The molecular weight excluding hydrogens is 294 g/mol. The number of amides is 1. The van der Waals surface area contributed by atoms with Crippen LogP contribution in [0.4, 0.5) is 11.8 Å². The summed E-state index contributed by atoms with van der Waals surface area (Å²) in [6.45, 7) is -14.5. The third-order valence-corrected chi connectivity index (χ3v) is 2.79. The summed E-state index contributed by atoms with van der Waals surface area (Å²) in [5.74, 6) is -5.56. The van der Waals surface area contributed by atoms with Crippen molar-refractivity contribution in [2.45, 2.75) is 64.2 Å². The number of nitrogens with two attached hydrogens (primary N) is 1. The molecule has 23 heavy (non-hydrogen) atoms. The summed E-state index contributed by atoms with van der Waals surface area (Å²) in [7, 11) is 0. The van der Waals surface area contributed by atoms with Crippen molar-refractivity contribution in [3.05, 3.63) is 11.8 Å². The summed E-state index contributed by atoms with van der Waals surface area (Å²) < 4.78 is 133. The van der Waals surface area contributed by atoms with Gasteiger partial charge in [-0.1, -0.05) is 6.85 Å². The minimum absolute atomic E-state index is 0.620. The van der Waals surface area contributed by atoms with Crippen LogP contribution in [-0.2, 0) is 0 Å². The maximum absolute atomic E-state index is 12.0. The van der Waals surface area contributed by atoms with E-state index in [9.17, 15) is 9.90 Å². The molecule has 0 spiro atoms. The van der Waals surface area contributed by atoms with Gasteiger partial charge in [-0.05, 0) is 45.6 Å². The first-order valence-corrected chi connectivity index (χ1v) is 6.39. The molecule has 0 bridgehead atoms. The third kappa shape index (κ3) is 4.79. The molecule has 1 aliphatic carbocycles. The van der Waals surface area contributed by atoms with Crippen LogP contribution in [-0.4, -0.2) is 38.6 Å². The second kappa shape index (κ2) is 6.70. The molecule has 1 amide bonds. The number of nitrogens with one attached hydrogen (secondary N) is 2. The summed E-state index contributed by atoms with van der Waals surface area (Å²) in [6, 6.07) is -1.98. The molecule has 1 fully saturated rings. The minimum atomic E-state index is -3.73. The van der Waals surface area contributed by atoms with Crippen LogP contribution in [0.5, 0.6) is 0 Å². The first kappa shape index (κ1) is 5.58. The van der Waals surface area contributed by atoms with Crippen molar-refractivity contribution in [1.82, 2.24) is 9.97 Å². The van der Waals surface area contributed by atoms with E-state index in [-0.39, 0.29) is 0 Å². The summed E-state index contributed by atoms with van der Waals surface area (Å²) in [6.07, 6.45) is -10.1. The van der Waals surface area contributed by atoms with Gasteiger partial charge in [-0.3, -0.25) is 4.79 Å². The maximum atomic E-state index is 12.0. The van der Waals surface area contributed by atoms with Gasteiger partial charge in [0.05, 0.1) is 13.0 Å². The Labute approximate surface area is 161 Å². The lowest BCUT2D eigenvalue weighted by molar-refractivity contribution is 0.0739. The second-order valence-corrected chi connectivity index (χ2v) is 4.76. The van der Waals surface area contributed by atoms with Gasteiger partial charge in [0.15, 0.2) is 0 Å². The van der Waals surface area contributed by atoms with Crippen molar-refractivity contribution in [2.24, 2.45) is 11.7 Å². The fraction of sp³-hybridized carbons (Fsp3) is 0.688. The Morgan fingerprint density at radius 2 is 2.39 bits per heavy atom. The predicted molar refractivity (Wildman–Crippen MR) is 90.4 cm³/mol. The van der Waals surface area contributed by atoms with Gasteiger partial charge in [-0.2, -0.15) is 4.98 Å². The molecule has 7 nitrogen and oxygen atoms in total. The normalized spacial score (nSPS) is 45.7. The lowest BCUT2D eigenvalue weighted by Gasteiger charge is -2.32. The van der Waals surface area contributed by atoms with Crippen molar-refractivity contribution in [2.75, 3.05) is 10.6 Å². The molecule has 3 unspecified atom stereocenters. The number of carbonyl (C=O) groups excluding carboxylic acids is 1. The first-order valence-electron chi connectivity index (χ1n) is 14.9. The van der Waals surface area contributed by atoms with E-state index in [0.717, 1.165) is 0 Å². The number of aliphatic hydroxyl groups is 1. The zero-order valence-electron chi connectivity index (χ0n) is 28.8. The Hall–Kier alpha value is -1.89. The van der Waals surface area contributed by atoms with E-state index in [0.29, 0.717) is 6.20 Å². The van der Waals surface area contributed by atoms with Crippen molar-refractivity contribution in [3.63, 3.8) is 0 Å². The molecule has 0 aromatic carbocycles. The molecule has 1 aliphatic rings. The van der Waals surface area contributed by atoms with Crippen molar-refractivity contribution in [3.8, 4) is 0 Å². The molecule has 3 atom stereocenters. The number of aromatic nitrogens is 2. The van der Waals surface area contributed by atoms with Gasteiger partial charge in [0, 0.05) is 39.7 Å². The minimum Gasteiger partial charge on any atom is -0.393 e. The Morgan fingerprint density at radius 1 is 1.61 bits per heavy atom. The number of anilines is 2. The van der Waals surface area contributed by atoms with Crippen LogP contribution >= 0.6 is 0 Å². The average Bonchev–Trinajstić information content (AvgIpc) is 2.65. The smallest absolute Gasteiger partial charge is 0.254 e. The molecule has 2 rings (SSSR count). The highest BCUT2D eigenvalue weighted by Gasteiger charge is 2.27. The van der Waals surface area contributed by atoms with Crippen LogP contribution in [0.3, 0.4) is 0 Å². The number of primary amides is 1. The van der Waals surface area contributed by atoms with E-state index in [1.165, 1.54) is 0 Å². The zero-order valence-corrected chi connectivity index (χ0v) is 11.8. The van der Waals surface area contributed by atoms with Gasteiger partial charge >= 0.3 is 0 Å². The average molecular weight is 339 g/mol. The van der Waals surface area contributed by atoms with Gasteiger partial charge in [0.25, 0.3) is 5.91 Å². The SMILES string of the molecule is [2H]C([2H])([2H])C1C([2H])([2H])CC(Nc2nc(NC(C([2H])([2H])[2H])(C([2H])([2H])[2H])C([2H])([2H])[2H])ncc2C(N)=O)C([2H])([2H])C1([2H])O. The molecular formula is C16H27N5O2. The summed E-state index contributed by atoms with van der Waals surface area (Å²) in [4.78, 5) is 19.3. The van der Waals surface area contributed by atoms with Crippen LogP contribution in [0.1, 0.15) is 80.2 Å². The molecule has 1 saturated carbocycles. The summed E-state index contributed by atoms with van der Waals surface area (Å²) in [5.41, 5.74) is 0.988. The maximum Gasteiger partial charge on any atom is 0.254 e. The molecule has 1 aromatic rings. The van der Waals surface area contributed by atoms with E-state index < -0.39 is 93.4 Å². The summed E-state index contributed by atoms with van der Waals surface area (Å²) >= 11 is 0. The zero-order chi connectivity index (χ0) is 31.7. The molecule has 7 heteroatoms. The molecule has 0 radical (unpaired) electrons. The number of rotatable bonds is 4. The fourth-order valence-electron chi connectivity index (χ4n) is 1.80. The van der Waals surface area contributed by atoms with E-state index in [1.54, 1.807) is 5.32 Å². The first-order chi connectivity index (χ1) is 17.4. The van der Waals surface area contributed by atoms with Crippen LogP contribution in [0.25, 0.3) is 0 Å². The van der Waals surface area contributed by atoms with Gasteiger partial charge in [-0.25, -0.2) is 4.98 Å². The lowest BCUT2D eigenvalue weighted by Crippen LogP contribution is -2.36. The third-order valence-electron chi connectivity index (χ3n) is 2.79. The van der Waals surface area contributed by atoms with Gasteiger partial charge in [0.2, 0.25) is 5.95 Å². The van der Waals surface area contributed by atoms with E-state index in [1.807, 2.05) is 0 Å².